The van der Waals surface area contributed by atoms with Gasteiger partial charge in [0.15, 0.2) is 0 Å². The molecule has 0 unspecified atom stereocenters. The summed E-state index contributed by atoms with van der Waals surface area (Å²) in [6.07, 6.45) is 1.75. The average molecular weight is 208 g/mol. The fourth-order valence-electron chi connectivity index (χ4n) is 1.14. The minimum Gasteiger partial charge on any atom is -0.384 e. The molecule has 1 aromatic heterocycles. The minimum atomic E-state index is 0.555. The van der Waals surface area contributed by atoms with E-state index < -0.39 is 0 Å². The van der Waals surface area contributed by atoms with E-state index in [-0.39, 0.29) is 0 Å². The third-order valence-corrected chi connectivity index (χ3v) is 2.46. The van der Waals surface area contributed by atoms with E-state index in [1.807, 2.05) is 6.07 Å². The monoisotopic (exact) mass is 208 g/mol. The van der Waals surface area contributed by atoms with Gasteiger partial charge in [-0.15, -0.1) is 0 Å². The molecule has 1 heterocycles. The molecular formula is C11H20N4. The Morgan fingerprint density at radius 2 is 2.20 bits per heavy atom. The lowest BCUT2D eigenvalue weighted by atomic mass is 10.3. The molecule has 84 valence electrons. The van der Waals surface area contributed by atoms with Gasteiger partial charge in [-0.2, -0.15) is 0 Å². The van der Waals surface area contributed by atoms with Crippen LogP contribution in [-0.4, -0.2) is 36.1 Å². The Morgan fingerprint density at radius 1 is 1.47 bits per heavy atom. The first-order valence-electron chi connectivity index (χ1n) is 5.25. The second kappa shape index (κ2) is 5.56. The zero-order valence-corrected chi connectivity index (χ0v) is 9.70. The van der Waals surface area contributed by atoms with Gasteiger partial charge in [-0.05, 0) is 33.0 Å². The molecule has 0 spiro atoms. The number of nitrogens with zero attached hydrogens (tertiary/aromatic N) is 2. The topological polar surface area (TPSA) is 54.2 Å². The van der Waals surface area contributed by atoms with Crippen molar-refractivity contribution in [1.29, 1.82) is 0 Å². The van der Waals surface area contributed by atoms with Crippen molar-refractivity contribution in [1.82, 2.24) is 9.88 Å². The van der Waals surface area contributed by atoms with Crippen molar-refractivity contribution in [3.8, 4) is 0 Å². The number of anilines is 2. The summed E-state index contributed by atoms with van der Waals surface area (Å²) in [5.41, 5.74) is 6.51. The van der Waals surface area contributed by atoms with Crippen molar-refractivity contribution < 1.29 is 0 Å². The second-order valence-corrected chi connectivity index (χ2v) is 3.97. The quantitative estimate of drug-likeness (QED) is 0.768. The van der Waals surface area contributed by atoms with E-state index >= 15 is 0 Å². The molecule has 0 radical (unpaired) electrons. The van der Waals surface area contributed by atoms with Gasteiger partial charge < -0.3 is 16.0 Å². The largest absolute Gasteiger partial charge is 0.384 e. The zero-order valence-electron chi connectivity index (χ0n) is 9.70. The van der Waals surface area contributed by atoms with E-state index in [1.165, 1.54) is 0 Å². The SMILES string of the molecule is CC(C)N(C)CCNc1ccc(N)nc1. The smallest absolute Gasteiger partial charge is 0.123 e. The van der Waals surface area contributed by atoms with E-state index in [2.05, 4.69) is 36.1 Å². The van der Waals surface area contributed by atoms with E-state index in [0.29, 0.717) is 11.9 Å². The maximum atomic E-state index is 5.50. The first-order chi connectivity index (χ1) is 7.09. The first-order valence-corrected chi connectivity index (χ1v) is 5.25. The number of hydrogen-bond donors (Lipinski definition) is 2. The predicted molar refractivity (Wildman–Crippen MR) is 64.9 cm³/mol. The van der Waals surface area contributed by atoms with Crippen molar-refractivity contribution in [2.75, 3.05) is 31.2 Å². The molecule has 0 atom stereocenters. The molecule has 0 saturated carbocycles. The number of pyridine rings is 1. The summed E-state index contributed by atoms with van der Waals surface area (Å²) in [4.78, 5) is 6.30. The molecule has 0 saturated heterocycles. The van der Waals surface area contributed by atoms with Gasteiger partial charge in [0, 0.05) is 19.1 Å². The summed E-state index contributed by atoms with van der Waals surface area (Å²) in [5, 5.41) is 3.30. The number of likely N-dealkylation sites (N-methyl/N-ethyl adjacent to an activating group) is 1. The Balaban J connectivity index is 2.29. The van der Waals surface area contributed by atoms with Crippen molar-refractivity contribution >= 4 is 11.5 Å². The Hall–Kier alpha value is -1.29. The maximum Gasteiger partial charge on any atom is 0.123 e. The molecular weight excluding hydrogens is 188 g/mol. The maximum absolute atomic E-state index is 5.50. The molecule has 4 nitrogen and oxygen atoms in total. The molecule has 0 bridgehead atoms. The Labute approximate surface area is 91.5 Å². The third kappa shape index (κ3) is 4.16. The predicted octanol–water partition coefficient (Wildman–Crippen LogP) is 1.42. The molecule has 0 aromatic carbocycles. The van der Waals surface area contributed by atoms with Gasteiger partial charge >= 0.3 is 0 Å². The highest BCUT2D eigenvalue weighted by atomic mass is 15.1. The van der Waals surface area contributed by atoms with E-state index in [4.69, 9.17) is 5.73 Å². The van der Waals surface area contributed by atoms with Crippen LogP contribution in [0.2, 0.25) is 0 Å². The summed E-state index contributed by atoms with van der Waals surface area (Å²) in [6, 6.07) is 4.32. The summed E-state index contributed by atoms with van der Waals surface area (Å²) < 4.78 is 0. The Bertz CT molecular complexity index is 281. The van der Waals surface area contributed by atoms with E-state index in [1.54, 1.807) is 12.3 Å². The first kappa shape index (κ1) is 11.8. The van der Waals surface area contributed by atoms with Crippen molar-refractivity contribution in [3.63, 3.8) is 0 Å². The lowest BCUT2D eigenvalue weighted by Crippen LogP contribution is -2.31. The molecule has 0 aliphatic carbocycles. The molecule has 4 heteroatoms. The van der Waals surface area contributed by atoms with Crippen molar-refractivity contribution in [2.45, 2.75) is 19.9 Å². The van der Waals surface area contributed by atoms with E-state index in [0.717, 1.165) is 18.8 Å². The van der Waals surface area contributed by atoms with Gasteiger partial charge in [-0.25, -0.2) is 4.98 Å². The summed E-state index contributed by atoms with van der Waals surface area (Å²) >= 11 is 0. The molecule has 3 N–H and O–H groups in total. The number of aromatic nitrogens is 1. The molecule has 1 rings (SSSR count). The van der Waals surface area contributed by atoms with E-state index in [9.17, 15) is 0 Å². The minimum absolute atomic E-state index is 0.555. The highest BCUT2D eigenvalue weighted by Crippen LogP contribution is 2.06. The van der Waals surface area contributed by atoms with Crippen molar-refractivity contribution in [3.05, 3.63) is 18.3 Å². The molecule has 0 aliphatic heterocycles. The van der Waals surface area contributed by atoms with Crippen LogP contribution in [0.5, 0.6) is 0 Å². The van der Waals surface area contributed by atoms with Gasteiger partial charge in [-0.3, -0.25) is 0 Å². The summed E-state index contributed by atoms with van der Waals surface area (Å²) in [5.74, 6) is 0.555. The Kier molecular flexibility index (Phi) is 4.37. The van der Waals surface area contributed by atoms with Crippen LogP contribution in [0.15, 0.2) is 18.3 Å². The average Bonchev–Trinajstić information content (AvgIpc) is 2.20. The van der Waals surface area contributed by atoms with Crippen LogP contribution in [0.25, 0.3) is 0 Å². The normalized spacial score (nSPS) is 11.0. The number of nitrogen functional groups attached to an aromatic ring is 1. The van der Waals surface area contributed by atoms with Crippen LogP contribution in [0.1, 0.15) is 13.8 Å². The molecule has 0 amide bonds. The van der Waals surface area contributed by atoms with Gasteiger partial charge in [0.2, 0.25) is 0 Å². The highest BCUT2D eigenvalue weighted by molar-refractivity contribution is 5.45. The molecule has 0 aliphatic rings. The summed E-state index contributed by atoms with van der Waals surface area (Å²) in [7, 11) is 2.12. The molecule has 1 aromatic rings. The summed E-state index contributed by atoms with van der Waals surface area (Å²) in [6.45, 7) is 6.30. The third-order valence-electron chi connectivity index (χ3n) is 2.46. The van der Waals surface area contributed by atoms with Crippen LogP contribution in [0.3, 0.4) is 0 Å². The number of nitrogens with two attached hydrogens (primary N) is 1. The van der Waals surface area contributed by atoms with Crippen LogP contribution in [0, 0.1) is 0 Å². The zero-order chi connectivity index (χ0) is 11.3. The second-order valence-electron chi connectivity index (χ2n) is 3.97. The van der Waals surface area contributed by atoms with Crippen molar-refractivity contribution in [2.24, 2.45) is 0 Å². The number of rotatable bonds is 5. The van der Waals surface area contributed by atoms with Crippen LogP contribution < -0.4 is 11.1 Å². The van der Waals surface area contributed by atoms with Gasteiger partial charge in [0.1, 0.15) is 5.82 Å². The molecule has 15 heavy (non-hydrogen) atoms. The molecule has 0 fully saturated rings. The fraction of sp³-hybridized carbons (Fsp3) is 0.545. The van der Waals surface area contributed by atoms with Crippen LogP contribution in [-0.2, 0) is 0 Å². The lowest BCUT2D eigenvalue weighted by molar-refractivity contribution is 0.284. The number of nitrogens with one attached hydrogen (secondary N) is 1. The van der Waals surface area contributed by atoms with Gasteiger partial charge in [0.05, 0.1) is 11.9 Å². The van der Waals surface area contributed by atoms with Crippen LogP contribution in [0.4, 0.5) is 11.5 Å². The Morgan fingerprint density at radius 3 is 2.73 bits per heavy atom. The van der Waals surface area contributed by atoms with Gasteiger partial charge in [-0.1, -0.05) is 0 Å². The van der Waals surface area contributed by atoms with Crippen LogP contribution >= 0.6 is 0 Å². The fourth-order valence-corrected chi connectivity index (χ4v) is 1.14. The number of hydrogen-bond acceptors (Lipinski definition) is 4. The van der Waals surface area contributed by atoms with Gasteiger partial charge in [0.25, 0.3) is 0 Å². The lowest BCUT2D eigenvalue weighted by Gasteiger charge is -2.21. The standard InChI is InChI=1S/C11H20N4/c1-9(2)15(3)7-6-13-10-4-5-11(12)14-8-10/h4-5,8-9,13H,6-7H2,1-3H3,(H2,12,14). The highest BCUT2D eigenvalue weighted by Gasteiger charge is 2.01.